The highest BCUT2D eigenvalue weighted by Gasteiger charge is 2.17. The first kappa shape index (κ1) is 15.3. The fourth-order valence-electron chi connectivity index (χ4n) is 3.17. The van der Waals surface area contributed by atoms with E-state index in [9.17, 15) is 0 Å². The number of aryl methyl sites for hydroxylation is 1. The van der Waals surface area contributed by atoms with Crippen LogP contribution in [-0.4, -0.2) is 13.1 Å². The third kappa shape index (κ3) is 4.79. The molecule has 1 heteroatoms. The predicted octanol–water partition coefficient (Wildman–Crippen LogP) is 4.96. The molecule has 0 aromatic heterocycles. The van der Waals surface area contributed by atoms with Gasteiger partial charge in [-0.3, -0.25) is 0 Å². The Hall–Kier alpha value is -1.08. The van der Waals surface area contributed by atoms with Gasteiger partial charge in [-0.1, -0.05) is 67.7 Å². The SMILES string of the molecule is CCCNC/C(=C/c1cccc(C)c1)C1CCCCC1. The molecule has 1 aromatic carbocycles. The minimum absolute atomic E-state index is 0.800. The van der Waals surface area contributed by atoms with Gasteiger partial charge in [0, 0.05) is 6.54 Å². The summed E-state index contributed by atoms with van der Waals surface area (Å²) in [4.78, 5) is 0. The molecule has 0 saturated heterocycles. The highest BCUT2D eigenvalue weighted by Crippen LogP contribution is 2.30. The minimum Gasteiger partial charge on any atom is -0.313 e. The fraction of sp³-hybridized carbons (Fsp3) is 0.579. The molecule has 0 atom stereocenters. The Morgan fingerprint density at radius 1 is 1.25 bits per heavy atom. The lowest BCUT2D eigenvalue weighted by atomic mass is 9.83. The Labute approximate surface area is 124 Å². The summed E-state index contributed by atoms with van der Waals surface area (Å²) < 4.78 is 0. The summed E-state index contributed by atoms with van der Waals surface area (Å²) in [6.07, 6.45) is 10.6. The molecule has 110 valence electrons. The summed E-state index contributed by atoms with van der Waals surface area (Å²) in [5.74, 6) is 0.800. The Bertz CT molecular complexity index is 427. The lowest BCUT2D eigenvalue weighted by molar-refractivity contribution is 0.396. The summed E-state index contributed by atoms with van der Waals surface area (Å²) >= 11 is 0. The third-order valence-corrected chi connectivity index (χ3v) is 4.28. The predicted molar refractivity (Wildman–Crippen MR) is 88.9 cm³/mol. The lowest BCUT2D eigenvalue weighted by Crippen LogP contribution is -2.23. The molecule has 20 heavy (non-hydrogen) atoms. The Balaban J connectivity index is 2.11. The largest absolute Gasteiger partial charge is 0.313 e. The van der Waals surface area contributed by atoms with Gasteiger partial charge >= 0.3 is 0 Å². The first-order valence-electron chi connectivity index (χ1n) is 8.27. The van der Waals surface area contributed by atoms with E-state index in [0.29, 0.717) is 0 Å². The Morgan fingerprint density at radius 3 is 2.75 bits per heavy atom. The first-order valence-corrected chi connectivity index (χ1v) is 8.27. The maximum atomic E-state index is 3.60. The lowest BCUT2D eigenvalue weighted by Gasteiger charge is -2.25. The summed E-state index contributed by atoms with van der Waals surface area (Å²) in [7, 11) is 0. The average molecular weight is 271 g/mol. The molecular weight excluding hydrogens is 242 g/mol. The van der Waals surface area contributed by atoms with E-state index in [-0.39, 0.29) is 0 Å². The van der Waals surface area contributed by atoms with Gasteiger partial charge in [0.05, 0.1) is 0 Å². The van der Waals surface area contributed by atoms with Crippen molar-refractivity contribution >= 4 is 6.08 Å². The summed E-state index contributed by atoms with van der Waals surface area (Å²) in [5, 5.41) is 3.60. The Morgan fingerprint density at radius 2 is 2.05 bits per heavy atom. The number of nitrogens with one attached hydrogen (secondary N) is 1. The summed E-state index contributed by atoms with van der Waals surface area (Å²) in [5.41, 5.74) is 4.33. The number of hydrogen-bond acceptors (Lipinski definition) is 1. The van der Waals surface area contributed by atoms with E-state index in [4.69, 9.17) is 0 Å². The number of benzene rings is 1. The third-order valence-electron chi connectivity index (χ3n) is 4.28. The van der Waals surface area contributed by atoms with E-state index in [1.807, 2.05) is 0 Å². The van der Waals surface area contributed by atoms with Crippen LogP contribution in [0.5, 0.6) is 0 Å². The van der Waals surface area contributed by atoms with Crippen LogP contribution in [0.2, 0.25) is 0 Å². The first-order chi connectivity index (χ1) is 9.79. The fourth-order valence-corrected chi connectivity index (χ4v) is 3.17. The van der Waals surface area contributed by atoms with E-state index in [2.05, 4.69) is 49.5 Å². The van der Waals surface area contributed by atoms with Crippen molar-refractivity contribution in [1.82, 2.24) is 5.32 Å². The van der Waals surface area contributed by atoms with Crippen LogP contribution in [0.4, 0.5) is 0 Å². The molecule has 1 aliphatic rings. The van der Waals surface area contributed by atoms with Crippen molar-refractivity contribution in [3.05, 3.63) is 41.0 Å². The van der Waals surface area contributed by atoms with Crippen molar-refractivity contribution in [2.45, 2.75) is 52.4 Å². The van der Waals surface area contributed by atoms with E-state index in [0.717, 1.165) is 19.0 Å². The zero-order valence-corrected chi connectivity index (χ0v) is 13.1. The van der Waals surface area contributed by atoms with E-state index in [1.165, 1.54) is 49.7 Å². The second kappa shape index (κ2) is 8.26. The second-order valence-electron chi connectivity index (χ2n) is 6.15. The van der Waals surface area contributed by atoms with Gasteiger partial charge in [0.2, 0.25) is 0 Å². The maximum absolute atomic E-state index is 3.60. The zero-order valence-electron chi connectivity index (χ0n) is 13.1. The van der Waals surface area contributed by atoms with E-state index in [1.54, 1.807) is 5.57 Å². The van der Waals surface area contributed by atoms with Crippen LogP contribution in [0.15, 0.2) is 29.8 Å². The van der Waals surface area contributed by atoms with Crippen molar-refractivity contribution in [3.63, 3.8) is 0 Å². The number of hydrogen-bond donors (Lipinski definition) is 1. The van der Waals surface area contributed by atoms with Gasteiger partial charge < -0.3 is 5.32 Å². The van der Waals surface area contributed by atoms with Crippen molar-refractivity contribution in [1.29, 1.82) is 0 Å². The van der Waals surface area contributed by atoms with Crippen molar-refractivity contribution in [2.75, 3.05) is 13.1 Å². The minimum atomic E-state index is 0.800. The van der Waals surface area contributed by atoms with Crippen molar-refractivity contribution in [3.8, 4) is 0 Å². The molecule has 0 bridgehead atoms. The zero-order chi connectivity index (χ0) is 14.2. The molecule has 1 fully saturated rings. The van der Waals surface area contributed by atoms with Gasteiger partial charge in [-0.15, -0.1) is 0 Å². The van der Waals surface area contributed by atoms with Gasteiger partial charge in [0.1, 0.15) is 0 Å². The molecule has 1 N–H and O–H groups in total. The molecule has 2 rings (SSSR count). The van der Waals surface area contributed by atoms with Crippen LogP contribution in [0, 0.1) is 12.8 Å². The summed E-state index contributed by atoms with van der Waals surface area (Å²) in [6, 6.07) is 8.87. The molecular formula is C19H29N. The maximum Gasteiger partial charge on any atom is 0.0170 e. The molecule has 1 aliphatic carbocycles. The second-order valence-corrected chi connectivity index (χ2v) is 6.15. The van der Waals surface area contributed by atoms with Crippen LogP contribution >= 0.6 is 0 Å². The molecule has 1 aromatic rings. The van der Waals surface area contributed by atoms with E-state index >= 15 is 0 Å². The van der Waals surface area contributed by atoms with Crippen LogP contribution < -0.4 is 5.32 Å². The van der Waals surface area contributed by atoms with Crippen LogP contribution in [-0.2, 0) is 0 Å². The summed E-state index contributed by atoms with van der Waals surface area (Å²) in [6.45, 7) is 6.59. The van der Waals surface area contributed by atoms with Crippen LogP contribution in [0.3, 0.4) is 0 Å². The smallest absolute Gasteiger partial charge is 0.0170 e. The molecule has 0 amide bonds. The highest BCUT2D eigenvalue weighted by molar-refractivity contribution is 5.54. The van der Waals surface area contributed by atoms with Gasteiger partial charge in [-0.25, -0.2) is 0 Å². The normalized spacial score (nSPS) is 17.4. The van der Waals surface area contributed by atoms with Crippen molar-refractivity contribution < 1.29 is 0 Å². The van der Waals surface area contributed by atoms with Gasteiger partial charge in [-0.05, 0) is 44.2 Å². The quantitative estimate of drug-likeness (QED) is 0.721. The van der Waals surface area contributed by atoms with E-state index < -0.39 is 0 Å². The number of rotatable bonds is 6. The molecule has 1 saturated carbocycles. The molecule has 0 unspecified atom stereocenters. The van der Waals surface area contributed by atoms with Gasteiger partial charge in [0.25, 0.3) is 0 Å². The van der Waals surface area contributed by atoms with Crippen LogP contribution in [0.1, 0.15) is 56.6 Å². The molecule has 0 heterocycles. The molecule has 0 radical (unpaired) electrons. The molecule has 1 nitrogen and oxygen atoms in total. The van der Waals surface area contributed by atoms with Gasteiger partial charge in [0.15, 0.2) is 0 Å². The van der Waals surface area contributed by atoms with Crippen LogP contribution in [0.25, 0.3) is 6.08 Å². The van der Waals surface area contributed by atoms with Gasteiger partial charge in [-0.2, -0.15) is 0 Å². The monoisotopic (exact) mass is 271 g/mol. The average Bonchev–Trinajstić information content (AvgIpc) is 2.47. The van der Waals surface area contributed by atoms with Crippen molar-refractivity contribution in [2.24, 2.45) is 5.92 Å². The topological polar surface area (TPSA) is 12.0 Å². The standard InChI is InChI=1S/C19H29N/c1-3-12-20-15-19(18-10-5-4-6-11-18)14-17-9-7-8-16(2)13-17/h7-9,13-14,18,20H,3-6,10-12,15H2,1-2H3/b19-14-. The highest BCUT2D eigenvalue weighted by atomic mass is 14.8. The Kier molecular flexibility index (Phi) is 6.32. The molecule has 0 spiro atoms. The molecule has 0 aliphatic heterocycles.